The molecule has 1 aromatic rings. The Labute approximate surface area is 104 Å². The van der Waals surface area contributed by atoms with Crippen molar-refractivity contribution >= 4 is 0 Å². The fourth-order valence-corrected chi connectivity index (χ4v) is 2.90. The number of aryl methyl sites for hydroxylation is 1. The van der Waals surface area contributed by atoms with Gasteiger partial charge in [0.25, 0.3) is 0 Å². The van der Waals surface area contributed by atoms with Gasteiger partial charge in [-0.25, -0.2) is 0 Å². The number of rotatable bonds is 4. The number of hydrogen-bond donors (Lipinski definition) is 1. The highest BCUT2D eigenvalue weighted by atomic mass is 16.5. The van der Waals surface area contributed by atoms with Crippen molar-refractivity contribution in [1.29, 1.82) is 0 Å². The molecule has 0 bridgehead atoms. The molecule has 0 radical (unpaired) electrons. The van der Waals surface area contributed by atoms with Crippen LogP contribution in [0.3, 0.4) is 0 Å². The van der Waals surface area contributed by atoms with Gasteiger partial charge in [0, 0.05) is 6.61 Å². The van der Waals surface area contributed by atoms with Crippen LogP contribution >= 0.6 is 0 Å². The Kier molecular flexibility index (Phi) is 3.85. The largest absolute Gasteiger partial charge is 0.385 e. The van der Waals surface area contributed by atoms with Crippen molar-refractivity contribution in [1.82, 2.24) is 0 Å². The van der Waals surface area contributed by atoms with Crippen LogP contribution < -0.4 is 0 Å². The molecule has 0 aromatic heterocycles. The summed E-state index contributed by atoms with van der Waals surface area (Å²) in [6.45, 7) is 4.73. The minimum Gasteiger partial charge on any atom is -0.385 e. The van der Waals surface area contributed by atoms with E-state index in [4.69, 9.17) is 4.74 Å². The molecule has 1 saturated carbocycles. The summed E-state index contributed by atoms with van der Waals surface area (Å²) < 4.78 is 5.90. The van der Waals surface area contributed by atoms with Gasteiger partial charge in [0.2, 0.25) is 0 Å². The van der Waals surface area contributed by atoms with E-state index >= 15 is 0 Å². The van der Waals surface area contributed by atoms with Gasteiger partial charge in [-0.3, -0.25) is 0 Å². The molecule has 1 fully saturated rings. The summed E-state index contributed by atoms with van der Waals surface area (Å²) in [6, 6.07) is 8.11. The van der Waals surface area contributed by atoms with Crippen LogP contribution in [0.2, 0.25) is 0 Å². The van der Waals surface area contributed by atoms with Crippen molar-refractivity contribution < 1.29 is 9.84 Å². The Morgan fingerprint density at radius 1 is 1.35 bits per heavy atom. The lowest BCUT2D eigenvalue weighted by Gasteiger charge is -2.34. The second-order valence-corrected chi connectivity index (χ2v) is 5.02. The normalized spacial score (nSPS) is 20.4. The van der Waals surface area contributed by atoms with E-state index in [1.807, 2.05) is 19.1 Å². The average Bonchev–Trinajstić information content (AvgIpc) is 2.78. The van der Waals surface area contributed by atoms with Gasteiger partial charge >= 0.3 is 0 Å². The van der Waals surface area contributed by atoms with Crippen LogP contribution in [0.1, 0.15) is 49.8 Å². The van der Waals surface area contributed by atoms with Gasteiger partial charge < -0.3 is 9.84 Å². The van der Waals surface area contributed by atoms with E-state index in [0.717, 1.165) is 31.2 Å². The Balaban J connectivity index is 2.24. The van der Waals surface area contributed by atoms with Gasteiger partial charge in [-0.2, -0.15) is 0 Å². The predicted molar refractivity (Wildman–Crippen MR) is 69.0 cm³/mol. The molecule has 0 heterocycles. The van der Waals surface area contributed by atoms with Crippen LogP contribution in [0.15, 0.2) is 24.3 Å². The Hall–Kier alpha value is -0.860. The van der Waals surface area contributed by atoms with Crippen molar-refractivity contribution in [3.63, 3.8) is 0 Å². The summed E-state index contributed by atoms with van der Waals surface area (Å²) in [5.41, 5.74) is 1.83. The molecule has 94 valence electrons. The van der Waals surface area contributed by atoms with E-state index in [9.17, 15) is 5.11 Å². The molecule has 1 aliphatic carbocycles. The van der Waals surface area contributed by atoms with Crippen molar-refractivity contribution in [2.24, 2.45) is 0 Å². The van der Waals surface area contributed by atoms with E-state index in [2.05, 4.69) is 19.1 Å². The van der Waals surface area contributed by atoms with Gasteiger partial charge in [0.05, 0.1) is 5.60 Å². The SMILES string of the molecule is CCOC1(C(O)c2cccc(C)c2)CCCC1. The van der Waals surface area contributed by atoms with E-state index in [1.54, 1.807) is 0 Å². The molecule has 2 heteroatoms. The molecule has 0 spiro atoms. The smallest absolute Gasteiger partial charge is 0.108 e. The maximum atomic E-state index is 10.6. The summed E-state index contributed by atoms with van der Waals surface area (Å²) >= 11 is 0. The summed E-state index contributed by atoms with van der Waals surface area (Å²) in [6.07, 6.45) is 3.75. The Morgan fingerprint density at radius 2 is 2.06 bits per heavy atom. The molecule has 2 rings (SSSR count). The average molecular weight is 234 g/mol. The zero-order valence-corrected chi connectivity index (χ0v) is 10.8. The van der Waals surface area contributed by atoms with Crippen LogP contribution in [0, 0.1) is 6.92 Å². The molecule has 0 aliphatic heterocycles. The first-order valence-corrected chi connectivity index (χ1v) is 6.56. The fourth-order valence-electron chi connectivity index (χ4n) is 2.90. The highest BCUT2D eigenvalue weighted by Gasteiger charge is 2.42. The lowest BCUT2D eigenvalue weighted by Crippen LogP contribution is -2.36. The molecule has 0 saturated heterocycles. The van der Waals surface area contributed by atoms with Gasteiger partial charge in [-0.05, 0) is 32.3 Å². The number of hydrogen-bond acceptors (Lipinski definition) is 2. The van der Waals surface area contributed by atoms with Gasteiger partial charge in [-0.15, -0.1) is 0 Å². The maximum absolute atomic E-state index is 10.6. The molecule has 1 unspecified atom stereocenters. The molecule has 2 nitrogen and oxygen atoms in total. The third-order valence-corrected chi connectivity index (χ3v) is 3.74. The standard InChI is InChI=1S/C15H22O2/c1-3-17-15(9-4-5-10-15)14(16)13-8-6-7-12(2)11-13/h6-8,11,14,16H,3-5,9-10H2,1-2H3. The van der Waals surface area contributed by atoms with E-state index < -0.39 is 6.10 Å². The second-order valence-electron chi connectivity index (χ2n) is 5.02. The first-order chi connectivity index (χ1) is 8.18. The Bertz CT molecular complexity index is 367. The van der Waals surface area contributed by atoms with Crippen LogP contribution in [0.4, 0.5) is 0 Å². The fraction of sp³-hybridized carbons (Fsp3) is 0.600. The number of ether oxygens (including phenoxy) is 1. The van der Waals surface area contributed by atoms with Crippen LogP contribution in [-0.2, 0) is 4.74 Å². The zero-order valence-electron chi connectivity index (χ0n) is 10.8. The van der Waals surface area contributed by atoms with Crippen LogP contribution in [0.25, 0.3) is 0 Å². The minimum absolute atomic E-state index is 0.345. The second kappa shape index (κ2) is 5.19. The third kappa shape index (κ3) is 2.53. The number of aliphatic hydroxyl groups is 1. The van der Waals surface area contributed by atoms with E-state index in [0.29, 0.717) is 6.61 Å². The number of benzene rings is 1. The molecule has 17 heavy (non-hydrogen) atoms. The molecular weight excluding hydrogens is 212 g/mol. The van der Waals surface area contributed by atoms with Crippen molar-refractivity contribution in [3.05, 3.63) is 35.4 Å². The highest BCUT2D eigenvalue weighted by Crippen LogP contribution is 2.42. The molecule has 1 N–H and O–H groups in total. The summed E-state index contributed by atoms with van der Waals surface area (Å²) in [5.74, 6) is 0. The highest BCUT2D eigenvalue weighted by molar-refractivity contribution is 5.26. The Morgan fingerprint density at radius 3 is 2.65 bits per heavy atom. The minimum atomic E-state index is -0.496. The first-order valence-electron chi connectivity index (χ1n) is 6.56. The zero-order chi connectivity index (χ0) is 12.3. The van der Waals surface area contributed by atoms with Crippen LogP contribution in [-0.4, -0.2) is 17.3 Å². The van der Waals surface area contributed by atoms with E-state index in [1.165, 1.54) is 5.56 Å². The van der Waals surface area contributed by atoms with Crippen molar-refractivity contribution in [2.75, 3.05) is 6.61 Å². The van der Waals surface area contributed by atoms with Crippen LogP contribution in [0.5, 0.6) is 0 Å². The van der Waals surface area contributed by atoms with E-state index in [-0.39, 0.29) is 5.60 Å². The van der Waals surface area contributed by atoms with Gasteiger partial charge in [0.1, 0.15) is 6.10 Å². The third-order valence-electron chi connectivity index (χ3n) is 3.74. The lowest BCUT2D eigenvalue weighted by atomic mass is 9.88. The summed E-state index contributed by atoms with van der Waals surface area (Å²) in [7, 11) is 0. The topological polar surface area (TPSA) is 29.5 Å². The summed E-state index contributed by atoms with van der Waals surface area (Å²) in [5, 5.41) is 10.6. The quantitative estimate of drug-likeness (QED) is 0.865. The van der Waals surface area contributed by atoms with Crippen molar-refractivity contribution in [2.45, 2.75) is 51.2 Å². The number of aliphatic hydroxyl groups excluding tert-OH is 1. The van der Waals surface area contributed by atoms with Crippen molar-refractivity contribution in [3.8, 4) is 0 Å². The maximum Gasteiger partial charge on any atom is 0.108 e. The first kappa shape index (κ1) is 12.6. The molecular formula is C15H22O2. The summed E-state index contributed by atoms with van der Waals surface area (Å²) in [4.78, 5) is 0. The predicted octanol–water partition coefficient (Wildman–Crippen LogP) is 3.38. The molecule has 1 atom stereocenters. The van der Waals surface area contributed by atoms with Gasteiger partial charge in [-0.1, -0.05) is 42.7 Å². The molecule has 1 aliphatic rings. The lowest BCUT2D eigenvalue weighted by molar-refractivity contribution is -0.118. The van der Waals surface area contributed by atoms with Gasteiger partial charge in [0.15, 0.2) is 0 Å². The molecule has 0 amide bonds. The monoisotopic (exact) mass is 234 g/mol. The molecule has 1 aromatic carbocycles.